The second-order valence-electron chi connectivity index (χ2n) is 4.62. The summed E-state index contributed by atoms with van der Waals surface area (Å²) < 4.78 is 27.0. The lowest BCUT2D eigenvalue weighted by Gasteiger charge is -2.14. The Kier molecular flexibility index (Phi) is 5.25. The molecule has 0 heterocycles. The normalized spacial score (nSPS) is 11.1. The van der Waals surface area contributed by atoms with E-state index in [1.54, 1.807) is 24.3 Å². The fraction of sp³-hybridized carbons (Fsp3) is 0.133. The number of rotatable bonds is 5. The van der Waals surface area contributed by atoms with Crippen molar-refractivity contribution in [3.8, 4) is 0 Å². The van der Waals surface area contributed by atoms with Crippen LogP contribution >= 0.6 is 11.6 Å². The van der Waals surface area contributed by atoms with Gasteiger partial charge in [-0.3, -0.25) is 14.4 Å². The van der Waals surface area contributed by atoms with Gasteiger partial charge in [0.1, 0.15) is 0 Å². The van der Waals surface area contributed by atoms with E-state index in [1.807, 2.05) is 0 Å². The zero-order chi connectivity index (χ0) is 17.0. The number of sulfonamides is 1. The number of nitrogens with zero attached hydrogens (tertiary/aromatic N) is 1. The molecule has 0 spiro atoms. The van der Waals surface area contributed by atoms with Crippen molar-refractivity contribution in [1.29, 1.82) is 0 Å². The van der Waals surface area contributed by atoms with Crippen LogP contribution in [0.4, 0.5) is 5.69 Å². The van der Waals surface area contributed by atoms with Gasteiger partial charge in [0, 0.05) is 23.3 Å². The van der Waals surface area contributed by atoms with E-state index in [0.29, 0.717) is 16.3 Å². The largest absolute Gasteiger partial charge is 0.280 e. The lowest BCUT2D eigenvalue weighted by atomic mass is 10.2. The van der Waals surface area contributed by atoms with Crippen LogP contribution in [0.5, 0.6) is 0 Å². The highest BCUT2D eigenvalue weighted by atomic mass is 35.5. The summed E-state index contributed by atoms with van der Waals surface area (Å²) >= 11 is 5.76. The number of anilines is 1. The Morgan fingerprint density at radius 3 is 2.17 bits per heavy atom. The van der Waals surface area contributed by atoms with Gasteiger partial charge in [-0.25, -0.2) is 13.5 Å². The van der Waals surface area contributed by atoms with E-state index in [1.165, 1.54) is 38.4 Å². The van der Waals surface area contributed by atoms with Gasteiger partial charge in [0.2, 0.25) is 0 Å². The molecule has 0 radical (unpaired) electrons. The number of benzene rings is 2. The van der Waals surface area contributed by atoms with Gasteiger partial charge in [0.25, 0.3) is 15.9 Å². The predicted molar refractivity (Wildman–Crippen MR) is 87.8 cm³/mol. The molecule has 122 valence electrons. The first kappa shape index (κ1) is 17.3. The molecule has 0 aromatic heterocycles. The van der Waals surface area contributed by atoms with E-state index >= 15 is 0 Å². The Balaban J connectivity index is 2.20. The molecular weight excluding hydrogens is 340 g/mol. The van der Waals surface area contributed by atoms with E-state index < -0.39 is 10.0 Å². The number of hydroxylamine groups is 2. The van der Waals surface area contributed by atoms with E-state index in [4.69, 9.17) is 16.4 Å². The Morgan fingerprint density at radius 1 is 1.09 bits per heavy atom. The van der Waals surface area contributed by atoms with E-state index in [2.05, 4.69) is 4.72 Å². The molecule has 2 aromatic carbocycles. The van der Waals surface area contributed by atoms with Crippen molar-refractivity contribution in [2.24, 2.45) is 0 Å². The minimum Gasteiger partial charge on any atom is -0.280 e. The number of amides is 1. The van der Waals surface area contributed by atoms with Crippen molar-refractivity contribution < 1.29 is 18.0 Å². The summed E-state index contributed by atoms with van der Waals surface area (Å²) in [7, 11) is -0.909. The smallest absolute Gasteiger partial charge is 0.277 e. The summed E-state index contributed by atoms with van der Waals surface area (Å²) in [6.45, 7) is 0. The lowest BCUT2D eigenvalue weighted by molar-refractivity contribution is -0.0757. The maximum atomic E-state index is 12.3. The summed E-state index contributed by atoms with van der Waals surface area (Å²) in [5.41, 5.74) is 0.716. The SMILES string of the molecule is CON(C)C(=O)c1ccc(S(=O)(=O)Nc2ccc(Cl)cc2)cc1. The predicted octanol–water partition coefficient (Wildman–Crippen LogP) is 2.77. The van der Waals surface area contributed by atoms with E-state index in [0.717, 1.165) is 5.06 Å². The van der Waals surface area contributed by atoms with Crippen molar-refractivity contribution in [1.82, 2.24) is 5.06 Å². The topological polar surface area (TPSA) is 75.7 Å². The van der Waals surface area contributed by atoms with E-state index in [9.17, 15) is 13.2 Å². The quantitative estimate of drug-likeness (QED) is 0.838. The highest BCUT2D eigenvalue weighted by Gasteiger charge is 2.16. The van der Waals surface area contributed by atoms with Gasteiger partial charge < -0.3 is 0 Å². The van der Waals surface area contributed by atoms with Crippen LogP contribution < -0.4 is 4.72 Å². The van der Waals surface area contributed by atoms with Crippen molar-refractivity contribution in [3.63, 3.8) is 0 Å². The summed E-state index contributed by atoms with van der Waals surface area (Å²) in [6, 6.07) is 11.9. The standard InChI is InChI=1S/C15H15ClN2O4S/c1-18(22-2)15(19)11-3-9-14(10-4-11)23(20,21)17-13-7-5-12(16)6-8-13/h3-10,17H,1-2H3. The summed E-state index contributed by atoms with van der Waals surface area (Å²) in [5, 5.41) is 1.56. The first-order valence-corrected chi connectivity index (χ1v) is 8.40. The third kappa shape index (κ3) is 4.22. The first-order valence-electron chi connectivity index (χ1n) is 6.54. The molecule has 2 rings (SSSR count). The molecule has 0 aliphatic heterocycles. The molecule has 1 amide bonds. The van der Waals surface area contributed by atoms with Crippen LogP contribution in [0.1, 0.15) is 10.4 Å². The van der Waals surface area contributed by atoms with Crippen LogP contribution in [0.3, 0.4) is 0 Å². The number of halogens is 1. The van der Waals surface area contributed by atoms with Crippen LogP contribution in [0.25, 0.3) is 0 Å². The Labute approximate surface area is 139 Å². The third-order valence-electron chi connectivity index (χ3n) is 3.07. The Hall–Kier alpha value is -2.09. The highest BCUT2D eigenvalue weighted by Crippen LogP contribution is 2.19. The Morgan fingerprint density at radius 2 is 1.65 bits per heavy atom. The van der Waals surface area contributed by atoms with Crippen LogP contribution in [0, 0.1) is 0 Å². The van der Waals surface area contributed by atoms with Gasteiger partial charge in [-0.1, -0.05) is 11.6 Å². The van der Waals surface area contributed by atoms with Gasteiger partial charge in [-0.05, 0) is 48.5 Å². The molecular formula is C15H15ClN2O4S. The number of carbonyl (C=O) groups excluding carboxylic acids is 1. The zero-order valence-electron chi connectivity index (χ0n) is 12.5. The Bertz CT molecular complexity index is 789. The summed E-state index contributed by atoms with van der Waals surface area (Å²) in [5.74, 6) is -0.373. The molecule has 2 aromatic rings. The lowest BCUT2D eigenvalue weighted by Crippen LogP contribution is -2.25. The molecule has 0 bridgehead atoms. The first-order chi connectivity index (χ1) is 10.8. The van der Waals surface area contributed by atoms with Crippen LogP contribution in [-0.4, -0.2) is 33.5 Å². The number of carbonyl (C=O) groups is 1. The minimum absolute atomic E-state index is 0.0454. The fourth-order valence-electron chi connectivity index (χ4n) is 1.77. The average molecular weight is 355 g/mol. The minimum atomic E-state index is -3.74. The number of nitrogens with one attached hydrogen (secondary N) is 1. The highest BCUT2D eigenvalue weighted by molar-refractivity contribution is 7.92. The number of hydrogen-bond donors (Lipinski definition) is 1. The van der Waals surface area contributed by atoms with Crippen molar-refractivity contribution in [2.75, 3.05) is 18.9 Å². The van der Waals surface area contributed by atoms with Gasteiger partial charge in [0.05, 0.1) is 12.0 Å². The molecule has 0 fully saturated rings. The molecule has 0 saturated heterocycles. The molecule has 0 unspecified atom stereocenters. The van der Waals surface area contributed by atoms with Gasteiger partial charge in [-0.2, -0.15) is 0 Å². The van der Waals surface area contributed by atoms with Gasteiger partial charge >= 0.3 is 0 Å². The second-order valence-corrected chi connectivity index (χ2v) is 6.74. The maximum Gasteiger partial charge on any atom is 0.277 e. The van der Waals surface area contributed by atoms with Gasteiger partial charge in [-0.15, -0.1) is 0 Å². The van der Waals surface area contributed by atoms with Crippen LogP contribution in [0.2, 0.25) is 5.02 Å². The fourth-order valence-corrected chi connectivity index (χ4v) is 2.96. The maximum absolute atomic E-state index is 12.3. The van der Waals surface area contributed by atoms with E-state index in [-0.39, 0.29) is 10.8 Å². The molecule has 6 nitrogen and oxygen atoms in total. The van der Waals surface area contributed by atoms with Crippen molar-refractivity contribution >= 4 is 33.2 Å². The molecule has 0 aliphatic rings. The average Bonchev–Trinajstić information content (AvgIpc) is 2.55. The monoisotopic (exact) mass is 354 g/mol. The molecule has 0 atom stereocenters. The molecule has 0 saturated carbocycles. The van der Waals surface area contributed by atoms with Crippen molar-refractivity contribution in [3.05, 3.63) is 59.1 Å². The molecule has 0 aliphatic carbocycles. The van der Waals surface area contributed by atoms with Gasteiger partial charge in [0.15, 0.2) is 0 Å². The molecule has 8 heteroatoms. The summed E-state index contributed by atoms with van der Waals surface area (Å²) in [6.07, 6.45) is 0. The van der Waals surface area contributed by atoms with Crippen molar-refractivity contribution in [2.45, 2.75) is 4.90 Å². The number of hydrogen-bond acceptors (Lipinski definition) is 4. The van der Waals surface area contributed by atoms with Crippen LogP contribution in [-0.2, 0) is 14.9 Å². The zero-order valence-corrected chi connectivity index (χ0v) is 14.1. The second kappa shape index (κ2) is 6.99. The van der Waals surface area contributed by atoms with Crippen LogP contribution in [0.15, 0.2) is 53.4 Å². The third-order valence-corrected chi connectivity index (χ3v) is 4.72. The summed E-state index contributed by atoms with van der Waals surface area (Å²) in [4.78, 5) is 16.7. The molecule has 1 N–H and O–H groups in total. The molecule has 23 heavy (non-hydrogen) atoms.